The number of ether oxygens (including phenoxy) is 2. The maximum absolute atomic E-state index is 5.70. The number of benzene rings is 2. The van der Waals surface area contributed by atoms with Gasteiger partial charge >= 0.3 is 0 Å². The third-order valence-electron chi connectivity index (χ3n) is 3.95. The first-order valence-electron chi connectivity index (χ1n) is 9.15. The van der Waals surface area contributed by atoms with Crippen molar-refractivity contribution in [1.82, 2.24) is 14.9 Å². The van der Waals surface area contributed by atoms with Crippen LogP contribution in [0.15, 0.2) is 58.8 Å². The van der Waals surface area contributed by atoms with Gasteiger partial charge in [0.2, 0.25) is 5.16 Å². The molecule has 0 radical (unpaired) electrons. The monoisotopic (exact) mass is 396 g/mol. The summed E-state index contributed by atoms with van der Waals surface area (Å²) >= 11 is 1.61. The van der Waals surface area contributed by atoms with Crippen molar-refractivity contribution in [3.8, 4) is 11.5 Å². The van der Waals surface area contributed by atoms with Crippen molar-refractivity contribution < 1.29 is 9.47 Å². The molecule has 3 rings (SSSR count). The number of aryl methyl sites for hydroxylation is 1. The number of methoxy groups -OCH3 is 1. The van der Waals surface area contributed by atoms with E-state index in [2.05, 4.69) is 34.4 Å². The minimum Gasteiger partial charge on any atom is -0.493 e. The third-order valence-corrected chi connectivity index (χ3v) is 4.94. The molecule has 0 aliphatic heterocycles. The van der Waals surface area contributed by atoms with Crippen molar-refractivity contribution in [3.05, 3.63) is 65.5 Å². The van der Waals surface area contributed by atoms with Gasteiger partial charge in [0.1, 0.15) is 0 Å². The molecule has 0 saturated heterocycles. The Hall–Kier alpha value is -2.80. The van der Waals surface area contributed by atoms with E-state index in [4.69, 9.17) is 9.47 Å². The van der Waals surface area contributed by atoms with Crippen LogP contribution in [0.3, 0.4) is 0 Å². The smallest absolute Gasteiger partial charge is 0.212 e. The number of aromatic nitrogens is 3. The Labute approximate surface area is 169 Å². The lowest BCUT2D eigenvalue weighted by Gasteiger charge is -2.10. The van der Waals surface area contributed by atoms with Gasteiger partial charge in [-0.25, -0.2) is 0 Å². The van der Waals surface area contributed by atoms with Crippen molar-refractivity contribution in [3.63, 3.8) is 0 Å². The van der Waals surface area contributed by atoms with Gasteiger partial charge in [0, 0.05) is 5.75 Å². The van der Waals surface area contributed by atoms with E-state index in [1.165, 1.54) is 5.56 Å². The van der Waals surface area contributed by atoms with Crippen LogP contribution in [0.25, 0.3) is 0 Å². The summed E-state index contributed by atoms with van der Waals surface area (Å²) < 4.78 is 12.9. The maximum atomic E-state index is 5.70. The minimum absolute atomic E-state index is 0.658. The summed E-state index contributed by atoms with van der Waals surface area (Å²) in [7, 11) is 1.64. The van der Waals surface area contributed by atoms with E-state index in [0.29, 0.717) is 12.4 Å². The van der Waals surface area contributed by atoms with E-state index in [1.807, 2.05) is 43.3 Å². The quantitative estimate of drug-likeness (QED) is 0.392. The Kier molecular flexibility index (Phi) is 7.08. The van der Waals surface area contributed by atoms with Gasteiger partial charge in [-0.2, -0.15) is 9.78 Å². The fourth-order valence-corrected chi connectivity index (χ4v) is 3.39. The molecule has 0 aliphatic rings. The molecule has 28 heavy (non-hydrogen) atoms. The van der Waals surface area contributed by atoms with Crippen LogP contribution in [0, 0.1) is 6.92 Å². The normalized spacial score (nSPS) is 11.1. The minimum atomic E-state index is 0.658. The molecule has 0 bridgehead atoms. The average Bonchev–Trinajstić information content (AvgIpc) is 3.09. The topological polar surface area (TPSA) is 61.5 Å². The number of hydrogen-bond donors (Lipinski definition) is 0. The Morgan fingerprint density at radius 2 is 1.93 bits per heavy atom. The molecule has 6 nitrogen and oxygen atoms in total. The second kappa shape index (κ2) is 9.94. The summed E-state index contributed by atoms with van der Waals surface area (Å²) in [5.74, 6) is 2.98. The molecule has 1 aromatic heterocycles. The highest BCUT2D eigenvalue weighted by atomic mass is 32.2. The van der Waals surface area contributed by atoms with Gasteiger partial charge in [-0.05, 0) is 42.7 Å². The van der Waals surface area contributed by atoms with Crippen molar-refractivity contribution >= 4 is 18.0 Å². The van der Waals surface area contributed by atoms with E-state index in [1.54, 1.807) is 29.8 Å². The van der Waals surface area contributed by atoms with Crippen LogP contribution in [0.2, 0.25) is 0 Å². The van der Waals surface area contributed by atoms with Crippen LogP contribution in [-0.2, 0) is 5.75 Å². The second-order valence-corrected chi connectivity index (χ2v) is 7.06. The lowest BCUT2D eigenvalue weighted by atomic mass is 10.2. The lowest BCUT2D eigenvalue weighted by molar-refractivity contribution is 0.294. The Balaban J connectivity index is 1.74. The first kappa shape index (κ1) is 19.9. The molecule has 0 fully saturated rings. The summed E-state index contributed by atoms with van der Waals surface area (Å²) in [6, 6.07) is 16.0. The van der Waals surface area contributed by atoms with E-state index in [-0.39, 0.29) is 0 Å². The zero-order valence-corrected chi connectivity index (χ0v) is 17.1. The predicted octanol–water partition coefficient (Wildman–Crippen LogP) is 4.56. The molecule has 0 spiro atoms. The number of thioether (sulfide) groups is 1. The Morgan fingerprint density at radius 1 is 1.11 bits per heavy atom. The van der Waals surface area contributed by atoms with Gasteiger partial charge in [0.05, 0.1) is 19.9 Å². The number of nitrogens with zero attached hydrogens (tertiary/aromatic N) is 4. The lowest BCUT2D eigenvalue weighted by Crippen LogP contribution is -1.99. The van der Waals surface area contributed by atoms with Gasteiger partial charge in [-0.15, -0.1) is 10.2 Å². The van der Waals surface area contributed by atoms with E-state index >= 15 is 0 Å². The van der Waals surface area contributed by atoms with Crippen LogP contribution in [-0.4, -0.2) is 34.8 Å². The Morgan fingerprint density at radius 3 is 2.68 bits per heavy atom. The molecule has 146 valence electrons. The van der Waals surface area contributed by atoms with Gasteiger partial charge < -0.3 is 9.47 Å². The molecule has 2 aromatic carbocycles. The van der Waals surface area contributed by atoms with Gasteiger partial charge in [-0.1, -0.05) is 49.0 Å². The first-order valence-corrected chi connectivity index (χ1v) is 10.1. The molecule has 0 saturated carbocycles. The van der Waals surface area contributed by atoms with Crippen molar-refractivity contribution in [2.45, 2.75) is 31.2 Å². The molecule has 3 aromatic rings. The zero-order chi connectivity index (χ0) is 19.8. The molecule has 0 amide bonds. The van der Waals surface area contributed by atoms with Gasteiger partial charge in [-0.3, -0.25) is 0 Å². The summed E-state index contributed by atoms with van der Waals surface area (Å²) in [6.45, 7) is 4.62. The molecule has 0 atom stereocenters. The zero-order valence-electron chi connectivity index (χ0n) is 16.3. The van der Waals surface area contributed by atoms with Crippen molar-refractivity contribution in [2.75, 3.05) is 13.7 Å². The van der Waals surface area contributed by atoms with Gasteiger partial charge in [0.15, 0.2) is 17.3 Å². The fourth-order valence-electron chi connectivity index (χ4n) is 2.50. The molecule has 0 N–H and O–H groups in total. The first-order chi connectivity index (χ1) is 13.7. The molecule has 1 heterocycles. The summed E-state index contributed by atoms with van der Waals surface area (Å²) in [4.78, 5) is 0. The highest BCUT2D eigenvalue weighted by Crippen LogP contribution is 2.28. The van der Waals surface area contributed by atoms with E-state index in [0.717, 1.165) is 34.5 Å². The SMILES string of the molecule is CCCOc1ccc(/C=N\n2c(C)nnc2SCc2ccccc2)cc1OC. The van der Waals surface area contributed by atoms with Crippen LogP contribution in [0.4, 0.5) is 0 Å². The standard InChI is InChI=1S/C21H24N4O2S/c1-4-12-27-19-11-10-18(13-20(19)26-3)14-22-25-16(2)23-24-21(25)28-15-17-8-6-5-7-9-17/h5-11,13-14H,4,12,15H2,1-3H3/b22-14-. The van der Waals surface area contributed by atoms with E-state index < -0.39 is 0 Å². The maximum Gasteiger partial charge on any atom is 0.212 e. The van der Waals surface area contributed by atoms with Crippen LogP contribution < -0.4 is 9.47 Å². The van der Waals surface area contributed by atoms with Crippen LogP contribution in [0.5, 0.6) is 11.5 Å². The average molecular weight is 397 g/mol. The highest BCUT2D eigenvalue weighted by Gasteiger charge is 2.09. The molecular formula is C21H24N4O2S. The third kappa shape index (κ3) is 5.13. The largest absolute Gasteiger partial charge is 0.493 e. The summed E-state index contributed by atoms with van der Waals surface area (Å²) in [5, 5.41) is 13.7. The fraction of sp³-hybridized carbons (Fsp3) is 0.286. The Bertz CT molecular complexity index is 925. The molecule has 0 aliphatic carbocycles. The summed E-state index contributed by atoms with van der Waals surface area (Å²) in [5.41, 5.74) is 2.14. The molecule has 0 unspecified atom stereocenters. The molecule has 7 heteroatoms. The number of rotatable bonds is 9. The second-order valence-electron chi connectivity index (χ2n) is 6.12. The van der Waals surface area contributed by atoms with Crippen LogP contribution in [0.1, 0.15) is 30.3 Å². The number of hydrogen-bond acceptors (Lipinski definition) is 6. The summed E-state index contributed by atoms with van der Waals surface area (Å²) in [6.07, 6.45) is 2.72. The van der Waals surface area contributed by atoms with Gasteiger partial charge in [0.25, 0.3) is 0 Å². The van der Waals surface area contributed by atoms with Crippen molar-refractivity contribution in [1.29, 1.82) is 0 Å². The predicted molar refractivity (Wildman–Crippen MR) is 113 cm³/mol. The van der Waals surface area contributed by atoms with Crippen molar-refractivity contribution in [2.24, 2.45) is 5.10 Å². The highest BCUT2D eigenvalue weighted by molar-refractivity contribution is 7.98. The van der Waals surface area contributed by atoms with E-state index in [9.17, 15) is 0 Å². The molecular weight excluding hydrogens is 372 g/mol. The van der Waals surface area contributed by atoms with Crippen LogP contribution >= 0.6 is 11.8 Å².